The minimum absolute atomic E-state index is 0.0847. The molecule has 4 rings (SSSR count). The molecule has 0 aromatic heterocycles. The van der Waals surface area contributed by atoms with Crippen molar-refractivity contribution in [1.29, 1.82) is 0 Å². The molecular weight excluding hydrogens is 261 g/mol. The van der Waals surface area contributed by atoms with E-state index in [1.54, 1.807) is 23.1 Å². The number of aliphatic hydroxyl groups is 1. The number of aliphatic hydroxyl groups excluding tert-OH is 1. The van der Waals surface area contributed by atoms with E-state index in [4.69, 9.17) is 4.74 Å². The number of hydrogen-bond acceptors (Lipinski definition) is 3. The fraction of sp³-hybridized carbons (Fsp3) is 0.533. The first-order valence-electron chi connectivity index (χ1n) is 7.04. The molecule has 2 saturated heterocycles. The van der Waals surface area contributed by atoms with Gasteiger partial charge in [0.2, 0.25) is 0 Å². The zero-order valence-corrected chi connectivity index (χ0v) is 11.0. The molecule has 20 heavy (non-hydrogen) atoms. The Kier molecular flexibility index (Phi) is 2.47. The van der Waals surface area contributed by atoms with E-state index in [1.165, 1.54) is 6.07 Å². The number of hydrogen-bond donors (Lipinski definition) is 1. The lowest BCUT2D eigenvalue weighted by molar-refractivity contribution is -0.165. The summed E-state index contributed by atoms with van der Waals surface area (Å²) >= 11 is 0. The molecule has 2 aliphatic heterocycles. The third-order valence-electron chi connectivity index (χ3n) is 4.71. The van der Waals surface area contributed by atoms with Crippen LogP contribution in [0.3, 0.4) is 0 Å². The van der Waals surface area contributed by atoms with E-state index in [9.17, 15) is 14.3 Å². The van der Waals surface area contributed by atoms with Crippen LogP contribution in [0.2, 0.25) is 0 Å². The summed E-state index contributed by atoms with van der Waals surface area (Å²) in [5.41, 5.74) is -0.280. The van der Waals surface area contributed by atoms with Crippen molar-refractivity contribution in [2.45, 2.75) is 49.7 Å². The number of ether oxygens (including phenoxy) is 1. The summed E-state index contributed by atoms with van der Waals surface area (Å²) in [5.74, 6) is -0.362. The average molecular weight is 277 g/mol. The Morgan fingerprint density at radius 3 is 2.75 bits per heavy atom. The standard InChI is InChI=1S/C15H16FNO3/c16-11-4-2-1-3-10(11)12-5-6-13-17(12)14(19)15(20-13)7-9(18)8-15/h1-4,9,12-13,18H,5-8H2/t9?,12-,13+,15?/m0/s1. The van der Waals surface area contributed by atoms with Gasteiger partial charge in [0.05, 0.1) is 12.1 Å². The lowest BCUT2D eigenvalue weighted by Gasteiger charge is -2.39. The number of carbonyl (C=O) groups is 1. The highest BCUT2D eigenvalue weighted by molar-refractivity contribution is 5.89. The molecular formula is C15H16FNO3. The molecule has 3 fully saturated rings. The molecule has 1 aliphatic carbocycles. The van der Waals surface area contributed by atoms with Crippen molar-refractivity contribution in [3.05, 3.63) is 35.6 Å². The molecule has 1 spiro atoms. The van der Waals surface area contributed by atoms with Gasteiger partial charge in [-0.25, -0.2) is 4.39 Å². The highest BCUT2D eigenvalue weighted by atomic mass is 19.1. The van der Waals surface area contributed by atoms with Gasteiger partial charge in [0, 0.05) is 18.4 Å². The van der Waals surface area contributed by atoms with Crippen LogP contribution in [0.25, 0.3) is 0 Å². The fourth-order valence-corrected chi connectivity index (χ4v) is 3.74. The van der Waals surface area contributed by atoms with Gasteiger partial charge in [-0.15, -0.1) is 0 Å². The first-order valence-corrected chi connectivity index (χ1v) is 7.04. The number of amides is 1. The van der Waals surface area contributed by atoms with Gasteiger partial charge in [-0.05, 0) is 18.9 Å². The molecule has 5 heteroatoms. The average Bonchev–Trinajstić information content (AvgIpc) is 2.90. The van der Waals surface area contributed by atoms with E-state index in [0.29, 0.717) is 18.4 Å². The Morgan fingerprint density at radius 1 is 1.30 bits per heavy atom. The third-order valence-corrected chi connectivity index (χ3v) is 4.71. The molecule has 0 radical (unpaired) electrons. The van der Waals surface area contributed by atoms with Crippen molar-refractivity contribution in [2.24, 2.45) is 0 Å². The van der Waals surface area contributed by atoms with Crippen molar-refractivity contribution in [3.8, 4) is 0 Å². The van der Waals surface area contributed by atoms with Gasteiger partial charge in [0.15, 0.2) is 5.60 Å². The van der Waals surface area contributed by atoms with E-state index in [1.807, 2.05) is 0 Å². The van der Waals surface area contributed by atoms with Crippen molar-refractivity contribution in [3.63, 3.8) is 0 Å². The molecule has 0 unspecified atom stereocenters. The van der Waals surface area contributed by atoms with Crippen LogP contribution in [0.15, 0.2) is 24.3 Å². The van der Waals surface area contributed by atoms with Crippen LogP contribution in [-0.4, -0.2) is 33.8 Å². The number of halogens is 1. The van der Waals surface area contributed by atoms with Crippen LogP contribution in [0, 0.1) is 5.82 Å². The van der Waals surface area contributed by atoms with E-state index in [2.05, 4.69) is 0 Å². The van der Waals surface area contributed by atoms with Gasteiger partial charge in [0.1, 0.15) is 12.0 Å². The van der Waals surface area contributed by atoms with Crippen LogP contribution in [0.1, 0.15) is 37.3 Å². The molecule has 4 nitrogen and oxygen atoms in total. The van der Waals surface area contributed by atoms with Gasteiger partial charge in [0.25, 0.3) is 5.91 Å². The maximum absolute atomic E-state index is 14.0. The highest BCUT2D eigenvalue weighted by Gasteiger charge is 2.62. The third kappa shape index (κ3) is 1.50. The summed E-state index contributed by atoms with van der Waals surface area (Å²) in [5, 5.41) is 9.47. The van der Waals surface area contributed by atoms with Gasteiger partial charge in [-0.1, -0.05) is 18.2 Å². The lowest BCUT2D eigenvalue weighted by atomic mass is 9.76. The molecule has 2 heterocycles. The molecule has 2 atom stereocenters. The van der Waals surface area contributed by atoms with Crippen LogP contribution in [0.4, 0.5) is 4.39 Å². The number of benzene rings is 1. The van der Waals surface area contributed by atoms with Gasteiger partial charge < -0.3 is 14.7 Å². The van der Waals surface area contributed by atoms with Gasteiger partial charge in [-0.2, -0.15) is 0 Å². The molecule has 0 bridgehead atoms. The molecule has 1 N–H and O–H groups in total. The number of rotatable bonds is 1. The molecule has 1 aromatic rings. The normalized spacial score (nSPS) is 39.2. The zero-order chi connectivity index (χ0) is 13.9. The van der Waals surface area contributed by atoms with Crippen LogP contribution in [-0.2, 0) is 9.53 Å². The maximum Gasteiger partial charge on any atom is 0.257 e. The summed E-state index contributed by atoms with van der Waals surface area (Å²) in [4.78, 5) is 14.3. The second-order valence-electron chi connectivity index (χ2n) is 5.96. The van der Waals surface area contributed by atoms with Gasteiger partial charge in [-0.3, -0.25) is 4.79 Å². The van der Waals surface area contributed by atoms with Crippen molar-refractivity contribution in [2.75, 3.05) is 0 Å². The number of carbonyl (C=O) groups excluding carboxylic acids is 1. The minimum atomic E-state index is -0.839. The molecule has 1 aromatic carbocycles. The second-order valence-corrected chi connectivity index (χ2v) is 5.96. The lowest BCUT2D eigenvalue weighted by Crippen LogP contribution is -2.54. The minimum Gasteiger partial charge on any atom is -0.393 e. The SMILES string of the molecule is O=C1N2[C@@H](CC[C@H]2c2ccccc2F)OC12CC(O)C2. The van der Waals surface area contributed by atoms with Crippen molar-refractivity contribution >= 4 is 5.91 Å². The molecule has 1 amide bonds. The molecule has 106 valence electrons. The Labute approximate surface area is 116 Å². The first-order chi connectivity index (χ1) is 9.61. The van der Waals surface area contributed by atoms with Crippen molar-refractivity contribution in [1.82, 2.24) is 4.90 Å². The Balaban J connectivity index is 1.66. The second kappa shape index (κ2) is 4.02. The predicted octanol–water partition coefficient (Wildman–Crippen LogP) is 1.74. The van der Waals surface area contributed by atoms with E-state index in [-0.39, 0.29) is 24.0 Å². The van der Waals surface area contributed by atoms with Crippen molar-refractivity contribution < 1.29 is 19.0 Å². The Morgan fingerprint density at radius 2 is 2.05 bits per heavy atom. The summed E-state index contributed by atoms with van der Waals surface area (Å²) in [7, 11) is 0. The molecule has 1 saturated carbocycles. The summed E-state index contributed by atoms with van der Waals surface area (Å²) < 4.78 is 19.8. The summed E-state index contributed by atoms with van der Waals surface area (Å²) in [6, 6.07) is 6.35. The summed E-state index contributed by atoms with van der Waals surface area (Å²) in [6.45, 7) is 0. The topological polar surface area (TPSA) is 49.8 Å². The smallest absolute Gasteiger partial charge is 0.257 e. The quantitative estimate of drug-likeness (QED) is 0.850. The largest absolute Gasteiger partial charge is 0.393 e. The Bertz CT molecular complexity index is 570. The Hall–Kier alpha value is -1.46. The first kappa shape index (κ1) is 12.3. The monoisotopic (exact) mass is 277 g/mol. The zero-order valence-electron chi connectivity index (χ0n) is 11.0. The van der Waals surface area contributed by atoms with Crippen LogP contribution >= 0.6 is 0 Å². The highest BCUT2D eigenvalue weighted by Crippen LogP contribution is 2.51. The van der Waals surface area contributed by atoms with Gasteiger partial charge >= 0.3 is 0 Å². The van der Waals surface area contributed by atoms with E-state index in [0.717, 1.165) is 12.8 Å². The van der Waals surface area contributed by atoms with Crippen LogP contribution in [0.5, 0.6) is 0 Å². The van der Waals surface area contributed by atoms with E-state index >= 15 is 0 Å². The number of nitrogens with zero attached hydrogens (tertiary/aromatic N) is 1. The fourth-order valence-electron chi connectivity index (χ4n) is 3.74. The van der Waals surface area contributed by atoms with E-state index < -0.39 is 11.7 Å². The number of fused-ring (bicyclic) bond motifs is 1. The summed E-state index contributed by atoms with van der Waals surface area (Å²) in [6.07, 6.45) is 1.45. The van der Waals surface area contributed by atoms with Crippen LogP contribution < -0.4 is 0 Å². The predicted molar refractivity (Wildman–Crippen MR) is 68.1 cm³/mol. The maximum atomic E-state index is 14.0. The molecule has 3 aliphatic rings.